The van der Waals surface area contributed by atoms with E-state index < -0.39 is 0 Å². The maximum atomic E-state index is 14.4. The molecule has 3 aromatic rings. The second-order valence-corrected chi connectivity index (χ2v) is 12.6. The summed E-state index contributed by atoms with van der Waals surface area (Å²) in [4.78, 5) is 19.3. The molecule has 2 aromatic carbocycles. The van der Waals surface area contributed by atoms with Gasteiger partial charge in [0.25, 0.3) is 0 Å². The van der Waals surface area contributed by atoms with E-state index in [1.165, 1.54) is 11.1 Å². The van der Waals surface area contributed by atoms with E-state index in [4.69, 9.17) is 0 Å². The first-order valence-corrected chi connectivity index (χ1v) is 12.8. The summed E-state index contributed by atoms with van der Waals surface area (Å²) in [5.74, 6) is 2.08. The number of halogens is 1. The molecule has 0 fully saturated rings. The fraction of sp³-hybridized carbons (Fsp3) is 0.467. The molecule has 1 aromatic heterocycles. The number of rotatable bonds is 4. The molecule has 0 saturated carbocycles. The maximum absolute atomic E-state index is 14.4. The van der Waals surface area contributed by atoms with Crippen molar-refractivity contribution < 1.29 is 17.0 Å². The molecule has 5 nitrogen and oxygen atoms in total. The van der Waals surface area contributed by atoms with Crippen molar-refractivity contribution in [3.05, 3.63) is 88.3 Å². The van der Waals surface area contributed by atoms with E-state index in [9.17, 15) is 4.79 Å². The van der Waals surface area contributed by atoms with Crippen molar-refractivity contribution >= 4 is 11.6 Å². The Labute approximate surface area is 221 Å². The second-order valence-electron chi connectivity index (χ2n) is 12.6. The molecule has 192 valence electrons. The molecule has 0 amide bonds. The number of aromatic nitrogens is 2. The van der Waals surface area contributed by atoms with Gasteiger partial charge in [-0.2, -0.15) is 4.57 Å². The molecule has 36 heavy (non-hydrogen) atoms. The van der Waals surface area contributed by atoms with Crippen LogP contribution in [-0.4, -0.2) is 30.7 Å². The Bertz CT molecular complexity index is 1160. The van der Waals surface area contributed by atoms with E-state index in [2.05, 4.69) is 115 Å². The average Bonchev–Trinajstić information content (AvgIpc) is 3.32. The molecule has 2 aliphatic heterocycles. The highest BCUT2D eigenvalue weighted by Gasteiger charge is 2.45. The van der Waals surface area contributed by atoms with Crippen molar-refractivity contribution in [2.45, 2.75) is 53.6 Å². The highest BCUT2D eigenvalue weighted by Crippen LogP contribution is 2.37. The molecule has 6 heteroatoms. The predicted molar refractivity (Wildman–Crippen MR) is 143 cm³/mol. The third kappa shape index (κ3) is 5.04. The lowest BCUT2D eigenvalue weighted by Gasteiger charge is -2.27. The predicted octanol–water partition coefficient (Wildman–Crippen LogP) is 2.05. The van der Waals surface area contributed by atoms with Crippen LogP contribution in [0.5, 0.6) is 0 Å². The van der Waals surface area contributed by atoms with Gasteiger partial charge in [0.05, 0.1) is 19.2 Å². The van der Waals surface area contributed by atoms with Crippen molar-refractivity contribution in [2.24, 2.45) is 10.8 Å². The minimum Gasteiger partial charge on any atom is -1.00 e. The van der Waals surface area contributed by atoms with E-state index in [1.54, 1.807) is 0 Å². The summed E-state index contributed by atoms with van der Waals surface area (Å²) < 4.78 is 4.11. The number of fused-ring (bicyclic) bond motifs is 2. The molecule has 0 unspecified atom stereocenters. The Morgan fingerprint density at radius 3 is 1.86 bits per heavy atom. The Hall–Kier alpha value is -2.79. The minimum atomic E-state index is 0. The summed E-state index contributed by atoms with van der Waals surface area (Å²) in [6.07, 6.45) is 0. The van der Waals surface area contributed by atoms with Gasteiger partial charge in [0.2, 0.25) is 5.82 Å². The van der Waals surface area contributed by atoms with Crippen molar-refractivity contribution in [1.82, 2.24) is 4.57 Å². The van der Waals surface area contributed by atoms with Crippen molar-refractivity contribution in [3.63, 3.8) is 0 Å². The lowest BCUT2D eigenvalue weighted by atomic mass is 9.95. The summed E-state index contributed by atoms with van der Waals surface area (Å²) in [5, 5.41) is 0. The fourth-order valence-corrected chi connectivity index (χ4v) is 5.70. The molecule has 2 atom stereocenters. The van der Waals surface area contributed by atoms with Crippen LogP contribution in [0.2, 0.25) is 0 Å². The quantitative estimate of drug-likeness (QED) is 0.508. The standard InChI is InChI=1S/C30H39N4O.ClH/c1-29(2,3)20-31-18-24(22-13-9-7-10-14-22)33-26(31)17-27-32(21-30(4,5)6)19-25(34(27)28(33)35)23-15-11-8-12-16-23;/h7-17,24-25H,18-21H2,1-6H3;1H/q+1;/p-1/t24-,25-;/m0./s1. The van der Waals surface area contributed by atoms with Gasteiger partial charge in [0, 0.05) is 6.54 Å². The van der Waals surface area contributed by atoms with Crippen LogP contribution < -0.4 is 32.5 Å². The zero-order valence-electron chi connectivity index (χ0n) is 22.4. The van der Waals surface area contributed by atoms with Gasteiger partial charge in [-0.05, 0) is 22.0 Å². The van der Waals surface area contributed by atoms with Gasteiger partial charge in [-0.25, -0.2) is 9.36 Å². The SMILES string of the molecule is CC(C)(C)CN1C[C@@H](c2ccccc2)n2c1cc1[n+](c2=O)[C@H](c2ccccc2)CN1CC(C)(C)C.[Cl-]. The molecular formula is C30H39ClN4O. The molecule has 0 aliphatic carbocycles. The van der Waals surface area contributed by atoms with Crippen LogP contribution in [0.3, 0.4) is 0 Å². The Morgan fingerprint density at radius 1 is 0.778 bits per heavy atom. The normalized spacial score (nSPS) is 19.2. The monoisotopic (exact) mass is 506 g/mol. The summed E-state index contributed by atoms with van der Waals surface area (Å²) in [6.45, 7) is 17.0. The van der Waals surface area contributed by atoms with Gasteiger partial charge in [-0.15, -0.1) is 0 Å². The third-order valence-corrected chi connectivity index (χ3v) is 6.92. The van der Waals surface area contributed by atoms with Crippen LogP contribution in [0.1, 0.15) is 64.8 Å². The number of nitrogens with zero attached hydrogens (tertiary/aromatic N) is 4. The first kappa shape index (κ1) is 26.3. The molecule has 5 rings (SSSR count). The number of benzene rings is 2. The summed E-state index contributed by atoms with van der Waals surface area (Å²) in [7, 11) is 0. The highest BCUT2D eigenvalue weighted by molar-refractivity contribution is 5.54. The molecule has 2 aliphatic rings. The van der Waals surface area contributed by atoms with Crippen LogP contribution in [0.4, 0.5) is 11.6 Å². The average molecular weight is 507 g/mol. The van der Waals surface area contributed by atoms with Crippen LogP contribution >= 0.6 is 0 Å². The summed E-state index contributed by atoms with van der Waals surface area (Å²) >= 11 is 0. The number of hydrogen-bond donors (Lipinski definition) is 0. The Balaban J connectivity index is 0.00000304. The second kappa shape index (κ2) is 9.59. The lowest BCUT2D eigenvalue weighted by Crippen LogP contribution is -3.00. The molecule has 0 N–H and O–H groups in total. The van der Waals surface area contributed by atoms with Crippen molar-refractivity contribution in [1.29, 1.82) is 0 Å². The van der Waals surface area contributed by atoms with Crippen LogP contribution in [0.25, 0.3) is 0 Å². The molecule has 0 bridgehead atoms. The largest absolute Gasteiger partial charge is 1.00 e. The number of anilines is 2. The summed E-state index contributed by atoms with van der Waals surface area (Å²) in [6, 6.07) is 23.3. The third-order valence-electron chi connectivity index (χ3n) is 6.92. The molecule has 0 spiro atoms. The van der Waals surface area contributed by atoms with Crippen LogP contribution in [-0.2, 0) is 0 Å². The lowest BCUT2D eigenvalue weighted by molar-refractivity contribution is -0.706. The highest BCUT2D eigenvalue weighted by atomic mass is 35.5. The first-order chi connectivity index (χ1) is 16.5. The smallest absolute Gasteiger partial charge is 0.446 e. The van der Waals surface area contributed by atoms with Crippen LogP contribution in [0, 0.1) is 10.8 Å². The molecular weight excluding hydrogens is 468 g/mol. The number of hydrogen-bond acceptors (Lipinski definition) is 3. The van der Waals surface area contributed by atoms with Gasteiger partial charge >= 0.3 is 5.69 Å². The molecule has 0 saturated heterocycles. The van der Waals surface area contributed by atoms with E-state index in [0.717, 1.165) is 37.8 Å². The fourth-order valence-electron chi connectivity index (χ4n) is 5.70. The molecule has 3 heterocycles. The Morgan fingerprint density at radius 2 is 1.31 bits per heavy atom. The van der Waals surface area contributed by atoms with Gasteiger partial charge in [-0.3, -0.25) is 4.90 Å². The van der Waals surface area contributed by atoms with Crippen molar-refractivity contribution in [3.8, 4) is 0 Å². The van der Waals surface area contributed by atoms with Crippen molar-refractivity contribution in [2.75, 3.05) is 36.0 Å². The van der Waals surface area contributed by atoms with Gasteiger partial charge < -0.3 is 17.3 Å². The van der Waals surface area contributed by atoms with E-state index in [0.29, 0.717) is 0 Å². The Kier molecular flexibility index (Phi) is 7.00. The van der Waals surface area contributed by atoms with E-state index in [-0.39, 0.29) is 41.0 Å². The summed E-state index contributed by atoms with van der Waals surface area (Å²) in [5.41, 5.74) is 2.71. The zero-order valence-corrected chi connectivity index (χ0v) is 23.2. The topological polar surface area (TPSA) is 32.4 Å². The van der Waals surface area contributed by atoms with E-state index >= 15 is 0 Å². The maximum Gasteiger partial charge on any atom is 0.446 e. The van der Waals surface area contributed by atoms with Gasteiger partial charge in [-0.1, -0.05) is 102 Å². The van der Waals surface area contributed by atoms with Crippen LogP contribution in [0.15, 0.2) is 71.5 Å². The van der Waals surface area contributed by atoms with Gasteiger partial charge in [0.1, 0.15) is 18.6 Å². The molecule has 0 radical (unpaired) electrons. The zero-order chi connectivity index (χ0) is 25.0. The first-order valence-electron chi connectivity index (χ1n) is 12.8. The minimum absolute atomic E-state index is 0. The van der Waals surface area contributed by atoms with E-state index in [1.807, 2.05) is 12.1 Å². The van der Waals surface area contributed by atoms with Gasteiger partial charge in [0.15, 0.2) is 5.82 Å².